The third-order valence-electron chi connectivity index (χ3n) is 4.38. The third kappa shape index (κ3) is 2.77. The van der Waals surface area contributed by atoms with Crippen LogP contribution in [0.4, 0.5) is 0 Å². The zero-order valence-corrected chi connectivity index (χ0v) is 12.2. The number of hydrogen-bond acceptors (Lipinski definition) is 3. The lowest BCUT2D eigenvalue weighted by atomic mass is 9.71. The van der Waals surface area contributed by atoms with Crippen molar-refractivity contribution in [2.45, 2.75) is 31.3 Å². The number of ether oxygens (including phenoxy) is 2. The zero-order chi connectivity index (χ0) is 13.7. The Hall–Kier alpha value is -1.06. The molecule has 0 aliphatic heterocycles. The van der Waals surface area contributed by atoms with Gasteiger partial charge in [-0.3, -0.25) is 0 Å². The predicted molar refractivity (Wildman–Crippen MR) is 77.6 cm³/mol. The summed E-state index contributed by atoms with van der Waals surface area (Å²) in [6.45, 7) is 0.991. The van der Waals surface area contributed by atoms with Gasteiger partial charge < -0.3 is 14.8 Å². The second-order valence-electron chi connectivity index (χ2n) is 5.33. The van der Waals surface area contributed by atoms with E-state index in [0.717, 1.165) is 18.7 Å². The van der Waals surface area contributed by atoms with Crippen LogP contribution in [0.25, 0.3) is 0 Å². The fourth-order valence-electron chi connectivity index (χ4n) is 3.38. The van der Waals surface area contributed by atoms with Gasteiger partial charge in [-0.15, -0.1) is 0 Å². The van der Waals surface area contributed by atoms with E-state index in [9.17, 15) is 0 Å². The van der Waals surface area contributed by atoms with Crippen molar-refractivity contribution in [1.82, 2.24) is 5.32 Å². The highest BCUT2D eigenvalue weighted by Crippen LogP contribution is 2.44. The first-order valence-electron chi connectivity index (χ1n) is 7.11. The highest BCUT2D eigenvalue weighted by Gasteiger charge is 2.42. The fraction of sp³-hybridized carbons (Fsp3) is 0.625. The third-order valence-corrected chi connectivity index (χ3v) is 4.38. The molecule has 106 valence electrons. The van der Waals surface area contributed by atoms with Gasteiger partial charge in [0.05, 0.1) is 12.7 Å². The topological polar surface area (TPSA) is 30.5 Å². The smallest absolute Gasteiger partial charge is 0.119 e. The Balaban J connectivity index is 2.37. The molecule has 1 fully saturated rings. The minimum absolute atomic E-state index is 0.171. The molecule has 2 atom stereocenters. The molecule has 1 aliphatic rings. The molecule has 3 nitrogen and oxygen atoms in total. The zero-order valence-electron chi connectivity index (χ0n) is 12.2. The summed E-state index contributed by atoms with van der Waals surface area (Å²) < 4.78 is 11.4. The van der Waals surface area contributed by atoms with Crippen LogP contribution in [0, 0.1) is 5.92 Å². The van der Waals surface area contributed by atoms with E-state index in [-0.39, 0.29) is 5.60 Å². The first kappa shape index (κ1) is 14.4. The molecule has 0 radical (unpaired) electrons. The van der Waals surface area contributed by atoms with Gasteiger partial charge in [0.15, 0.2) is 0 Å². The summed E-state index contributed by atoms with van der Waals surface area (Å²) in [6.07, 6.45) is 4.82. The normalized spacial score (nSPS) is 27.2. The molecule has 0 spiro atoms. The molecule has 1 N–H and O–H groups in total. The van der Waals surface area contributed by atoms with Gasteiger partial charge in [0.25, 0.3) is 0 Å². The number of methoxy groups -OCH3 is 2. The SMILES string of the molecule is CNC[C@@H]1CCCC[C@@]1(OC)c1cccc(OC)c1. The Labute approximate surface area is 116 Å². The Morgan fingerprint density at radius 3 is 2.84 bits per heavy atom. The van der Waals surface area contributed by atoms with Crippen LogP contribution in [-0.4, -0.2) is 27.8 Å². The fourth-order valence-corrected chi connectivity index (χ4v) is 3.38. The van der Waals surface area contributed by atoms with E-state index in [0.29, 0.717) is 5.92 Å². The number of hydrogen-bond donors (Lipinski definition) is 1. The van der Waals surface area contributed by atoms with Crippen molar-refractivity contribution in [1.29, 1.82) is 0 Å². The number of nitrogens with one attached hydrogen (secondary N) is 1. The van der Waals surface area contributed by atoms with Gasteiger partial charge in [-0.2, -0.15) is 0 Å². The van der Waals surface area contributed by atoms with Crippen LogP contribution in [0.15, 0.2) is 24.3 Å². The van der Waals surface area contributed by atoms with Crippen molar-refractivity contribution in [3.63, 3.8) is 0 Å². The van der Waals surface area contributed by atoms with Crippen molar-refractivity contribution in [3.8, 4) is 5.75 Å². The lowest BCUT2D eigenvalue weighted by Gasteiger charge is -2.43. The Morgan fingerprint density at radius 1 is 1.32 bits per heavy atom. The quantitative estimate of drug-likeness (QED) is 0.886. The van der Waals surface area contributed by atoms with E-state index in [1.165, 1.54) is 24.8 Å². The molecule has 3 heteroatoms. The first-order valence-corrected chi connectivity index (χ1v) is 7.11. The molecule has 0 unspecified atom stereocenters. The van der Waals surface area contributed by atoms with Gasteiger partial charge in [0.1, 0.15) is 5.75 Å². The van der Waals surface area contributed by atoms with Gasteiger partial charge >= 0.3 is 0 Å². The highest BCUT2D eigenvalue weighted by atomic mass is 16.5. The Kier molecular flexibility index (Phi) is 4.83. The molecule has 1 aliphatic carbocycles. The minimum Gasteiger partial charge on any atom is -0.497 e. The Bertz CT molecular complexity index is 405. The molecule has 1 aromatic carbocycles. The van der Waals surface area contributed by atoms with E-state index in [2.05, 4.69) is 23.5 Å². The van der Waals surface area contributed by atoms with Gasteiger partial charge in [0, 0.05) is 19.6 Å². The van der Waals surface area contributed by atoms with Crippen LogP contribution in [0.5, 0.6) is 5.75 Å². The van der Waals surface area contributed by atoms with Gasteiger partial charge in [-0.05, 0) is 37.6 Å². The van der Waals surface area contributed by atoms with E-state index in [1.54, 1.807) is 7.11 Å². The molecular weight excluding hydrogens is 238 g/mol. The van der Waals surface area contributed by atoms with Crippen molar-refractivity contribution < 1.29 is 9.47 Å². The van der Waals surface area contributed by atoms with Crippen LogP contribution in [0.1, 0.15) is 31.2 Å². The molecule has 0 amide bonds. The largest absolute Gasteiger partial charge is 0.497 e. The predicted octanol–water partition coefficient (Wildman–Crippen LogP) is 2.95. The molecule has 1 aromatic rings. The van der Waals surface area contributed by atoms with E-state index >= 15 is 0 Å². The average molecular weight is 263 g/mol. The van der Waals surface area contributed by atoms with Gasteiger partial charge in [0.2, 0.25) is 0 Å². The molecule has 0 bridgehead atoms. The van der Waals surface area contributed by atoms with Crippen molar-refractivity contribution in [2.75, 3.05) is 27.8 Å². The summed E-state index contributed by atoms with van der Waals surface area (Å²) >= 11 is 0. The van der Waals surface area contributed by atoms with Crippen molar-refractivity contribution >= 4 is 0 Å². The summed E-state index contributed by atoms with van der Waals surface area (Å²) in [6, 6.07) is 8.33. The maximum absolute atomic E-state index is 6.03. The standard InChI is InChI=1S/C16H25NO2/c1-17-12-14-7-4-5-10-16(14,19-3)13-8-6-9-15(11-13)18-2/h6,8-9,11,14,17H,4-5,7,10,12H2,1-3H3/t14-,16+/m0/s1. The summed E-state index contributed by atoms with van der Waals surface area (Å²) in [7, 11) is 5.57. The molecule has 0 heterocycles. The van der Waals surface area contributed by atoms with E-state index < -0.39 is 0 Å². The summed E-state index contributed by atoms with van der Waals surface area (Å²) in [5.74, 6) is 1.42. The van der Waals surface area contributed by atoms with Crippen LogP contribution >= 0.6 is 0 Å². The van der Waals surface area contributed by atoms with E-state index in [4.69, 9.17) is 9.47 Å². The van der Waals surface area contributed by atoms with Crippen molar-refractivity contribution in [3.05, 3.63) is 29.8 Å². The average Bonchev–Trinajstić information content (AvgIpc) is 2.48. The molecule has 19 heavy (non-hydrogen) atoms. The molecule has 0 aromatic heterocycles. The maximum Gasteiger partial charge on any atom is 0.119 e. The number of benzene rings is 1. The van der Waals surface area contributed by atoms with Crippen molar-refractivity contribution in [2.24, 2.45) is 5.92 Å². The van der Waals surface area contributed by atoms with Crippen LogP contribution in [0.3, 0.4) is 0 Å². The van der Waals surface area contributed by atoms with E-state index in [1.807, 2.05) is 20.2 Å². The van der Waals surface area contributed by atoms with Crippen LogP contribution in [-0.2, 0) is 10.3 Å². The maximum atomic E-state index is 6.03. The molecular formula is C16H25NO2. The minimum atomic E-state index is -0.171. The number of rotatable bonds is 5. The summed E-state index contributed by atoms with van der Waals surface area (Å²) in [5, 5.41) is 3.31. The lowest BCUT2D eigenvalue weighted by Crippen LogP contribution is -2.44. The Morgan fingerprint density at radius 2 is 2.16 bits per heavy atom. The van der Waals surface area contributed by atoms with Crippen LogP contribution < -0.4 is 10.1 Å². The van der Waals surface area contributed by atoms with Gasteiger partial charge in [-0.25, -0.2) is 0 Å². The highest BCUT2D eigenvalue weighted by molar-refractivity contribution is 5.33. The molecule has 1 saturated carbocycles. The molecule has 2 rings (SSSR count). The molecule has 0 saturated heterocycles. The lowest BCUT2D eigenvalue weighted by molar-refractivity contribution is -0.0884. The second kappa shape index (κ2) is 6.40. The second-order valence-corrected chi connectivity index (χ2v) is 5.33. The van der Waals surface area contributed by atoms with Crippen LogP contribution in [0.2, 0.25) is 0 Å². The van der Waals surface area contributed by atoms with Gasteiger partial charge in [-0.1, -0.05) is 25.0 Å². The first-order chi connectivity index (χ1) is 9.26. The summed E-state index contributed by atoms with van der Waals surface area (Å²) in [4.78, 5) is 0. The summed E-state index contributed by atoms with van der Waals surface area (Å²) in [5.41, 5.74) is 1.07. The monoisotopic (exact) mass is 263 g/mol.